The first-order valence-corrected chi connectivity index (χ1v) is 7.37. The van der Waals surface area contributed by atoms with Crippen LogP contribution in [0.5, 0.6) is 0 Å². The molecule has 1 aliphatic rings. The number of ether oxygens (including phenoxy) is 2. The van der Waals surface area contributed by atoms with Gasteiger partial charge in [-0.1, -0.05) is 30.0 Å². The number of carbonyl (C=O) groups excluding carboxylic acids is 1. The molecule has 0 saturated carbocycles. The van der Waals surface area contributed by atoms with Gasteiger partial charge < -0.3 is 9.47 Å². The van der Waals surface area contributed by atoms with Gasteiger partial charge in [0.05, 0.1) is 13.2 Å². The third kappa shape index (κ3) is 5.59. The summed E-state index contributed by atoms with van der Waals surface area (Å²) in [5, 5.41) is 1.83. The van der Waals surface area contributed by atoms with Gasteiger partial charge in [-0.05, 0) is 30.0 Å². The topological polar surface area (TPSA) is 35.5 Å². The van der Waals surface area contributed by atoms with Gasteiger partial charge in [0.2, 0.25) is 0 Å². The Balaban J connectivity index is 1.66. The SMILES string of the molecule is O=C(/C=C\Sc1ccccc1)CCC1OCCCO1. The van der Waals surface area contributed by atoms with Gasteiger partial charge in [0.15, 0.2) is 12.1 Å². The van der Waals surface area contributed by atoms with Crippen molar-refractivity contribution in [3.8, 4) is 0 Å². The lowest BCUT2D eigenvalue weighted by Crippen LogP contribution is -2.25. The van der Waals surface area contributed by atoms with Crippen molar-refractivity contribution in [2.45, 2.75) is 30.4 Å². The van der Waals surface area contributed by atoms with E-state index in [0.29, 0.717) is 12.8 Å². The van der Waals surface area contributed by atoms with E-state index >= 15 is 0 Å². The second-order valence-electron chi connectivity index (χ2n) is 4.26. The largest absolute Gasteiger partial charge is 0.353 e. The zero-order chi connectivity index (χ0) is 13.3. The fraction of sp³-hybridized carbons (Fsp3) is 0.400. The lowest BCUT2D eigenvalue weighted by atomic mass is 10.2. The first-order valence-electron chi connectivity index (χ1n) is 6.49. The normalized spacial score (nSPS) is 16.8. The van der Waals surface area contributed by atoms with Gasteiger partial charge in [-0.3, -0.25) is 4.79 Å². The van der Waals surface area contributed by atoms with Crippen molar-refractivity contribution in [3.63, 3.8) is 0 Å². The number of hydrogen-bond donors (Lipinski definition) is 0. The zero-order valence-corrected chi connectivity index (χ0v) is 11.6. The number of thioether (sulfide) groups is 1. The van der Waals surface area contributed by atoms with Crippen molar-refractivity contribution in [1.29, 1.82) is 0 Å². The summed E-state index contributed by atoms with van der Waals surface area (Å²) in [6.07, 6.45) is 3.47. The van der Waals surface area contributed by atoms with Crippen LogP contribution < -0.4 is 0 Å². The quantitative estimate of drug-likeness (QED) is 0.590. The predicted molar refractivity (Wildman–Crippen MR) is 76.0 cm³/mol. The van der Waals surface area contributed by atoms with Crippen molar-refractivity contribution in [1.82, 2.24) is 0 Å². The van der Waals surface area contributed by atoms with Crippen LogP contribution in [-0.4, -0.2) is 25.3 Å². The maximum atomic E-state index is 11.7. The summed E-state index contributed by atoms with van der Waals surface area (Å²) >= 11 is 1.55. The molecule has 4 heteroatoms. The van der Waals surface area contributed by atoms with E-state index in [0.717, 1.165) is 24.5 Å². The van der Waals surface area contributed by atoms with Crippen molar-refractivity contribution in [2.75, 3.05) is 13.2 Å². The van der Waals surface area contributed by atoms with E-state index < -0.39 is 0 Å². The van der Waals surface area contributed by atoms with Crippen molar-refractivity contribution in [3.05, 3.63) is 41.8 Å². The lowest BCUT2D eigenvalue weighted by molar-refractivity contribution is -0.181. The van der Waals surface area contributed by atoms with Gasteiger partial charge in [0.1, 0.15) is 0 Å². The number of allylic oxidation sites excluding steroid dienone is 1. The highest BCUT2D eigenvalue weighted by molar-refractivity contribution is 8.02. The van der Waals surface area contributed by atoms with Crippen LogP contribution in [0.15, 0.2) is 46.7 Å². The number of hydrogen-bond acceptors (Lipinski definition) is 4. The fourth-order valence-corrected chi connectivity index (χ4v) is 2.43. The van der Waals surface area contributed by atoms with Gasteiger partial charge in [-0.25, -0.2) is 0 Å². The molecule has 3 nitrogen and oxygen atoms in total. The highest BCUT2D eigenvalue weighted by Gasteiger charge is 2.14. The minimum atomic E-state index is -0.201. The van der Waals surface area contributed by atoms with Crippen LogP contribution in [0.3, 0.4) is 0 Å². The van der Waals surface area contributed by atoms with Crippen LogP contribution in [0, 0.1) is 0 Å². The van der Waals surface area contributed by atoms with Gasteiger partial charge >= 0.3 is 0 Å². The molecule has 1 saturated heterocycles. The molecule has 1 aliphatic heterocycles. The van der Waals surface area contributed by atoms with Gasteiger partial charge in [-0.15, -0.1) is 0 Å². The molecule has 0 N–H and O–H groups in total. The number of benzene rings is 1. The van der Waals surface area contributed by atoms with Crippen molar-refractivity contribution in [2.24, 2.45) is 0 Å². The fourth-order valence-electron chi connectivity index (χ4n) is 1.73. The Hall–Kier alpha value is -1.10. The Morgan fingerprint density at radius 1 is 1.26 bits per heavy atom. The Morgan fingerprint density at radius 3 is 2.74 bits per heavy atom. The van der Waals surface area contributed by atoms with E-state index in [1.807, 2.05) is 35.7 Å². The Labute approximate surface area is 118 Å². The maximum Gasteiger partial charge on any atom is 0.158 e. The summed E-state index contributed by atoms with van der Waals surface area (Å²) in [5.41, 5.74) is 0. The molecule has 102 valence electrons. The van der Waals surface area contributed by atoms with Crippen molar-refractivity contribution >= 4 is 17.5 Å². The molecular formula is C15H18O3S. The molecule has 0 radical (unpaired) electrons. The van der Waals surface area contributed by atoms with E-state index in [9.17, 15) is 4.79 Å². The molecule has 2 rings (SSSR count). The molecular weight excluding hydrogens is 260 g/mol. The summed E-state index contributed by atoms with van der Waals surface area (Å²) in [6.45, 7) is 1.47. The van der Waals surface area contributed by atoms with Crippen LogP contribution in [-0.2, 0) is 14.3 Å². The highest BCUT2D eigenvalue weighted by Crippen LogP contribution is 2.18. The number of carbonyl (C=O) groups is 1. The van der Waals surface area contributed by atoms with E-state index in [1.54, 1.807) is 17.8 Å². The highest BCUT2D eigenvalue weighted by atomic mass is 32.2. The first-order chi connectivity index (χ1) is 9.34. The summed E-state index contributed by atoms with van der Waals surface area (Å²) in [7, 11) is 0. The lowest BCUT2D eigenvalue weighted by Gasteiger charge is -2.22. The third-order valence-electron chi connectivity index (χ3n) is 2.72. The predicted octanol–water partition coefficient (Wildman–Crippen LogP) is 3.40. The Kier molecular flexibility index (Phi) is 6.14. The third-order valence-corrected chi connectivity index (χ3v) is 3.54. The van der Waals surface area contributed by atoms with Crippen LogP contribution in [0.4, 0.5) is 0 Å². The molecule has 1 aromatic carbocycles. The zero-order valence-electron chi connectivity index (χ0n) is 10.8. The Morgan fingerprint density at radius 2 is 2.00 bits per heavy atom. The van der Waals surface area contributed by atoms with Crippen molar-refractivity contribution < 1.29 is 14.3 Å². The monoisotopic (exact) mass is 278 g/mol. The molecule has 1 fully saturated rings. The van der Waals surface area contributed by atoms with Crippen LogP contribution >= 0.6 is 11.8 Å². The van der Waals surface area contributed by atoms with Gasteiger partial charge in [0.25, 0.3) is 0 Å². The van der Waals surface area contributed by atoms with E-state index in [-0.39, 0.29) is 12.1 Å². The molecule has 0 bridgehead atoms. The molecule has 0 spiro atoms. The second-order valence-corrected chi connectivity index (χ2v) is 5.24. The van der Waals surface area contributed by atoms with E-state index in [1.165, 1.54) is 0 Å². The average Bonchev–Trinajstić information content (AvgIpc) is 2.47. The van der Waals surface area contributed by atoms with E-state index in [4.69, 9.17) is 9.47 Å². The van der Waals surface area contributed by atoms with E-state index in [2.05, 4.69) is 0 Å². The number of ketones is 1. The second kappa shape index (κ2) is 8.15. The molecule has 0 aliphatic carbocycles. The summed E-state index contributed by atoms with van der Waals surface area (Å²) < 4.78 is 10.8. The summed E-state index contributed by atoms with van der Waals surface area (Å²) in [6, 6.07) is 9.97. The molecule has 19 heavy (non-hydrogen) atoms. The maximum absolute atomic E-state index is 11.7. The molecule has 0 aromatic heterocycles. The van der Waals surface area contributed by atoms with Gasteiger partial charge in [0, 0.05) is 17.7 Å². The Bertz CT molecular complexity index is 411. The average molecular weight is 278 g/mol. The molecule has 0 unspecified atom stereocenters. The minimum absolute atomic E-state index is 0.112. The molecule has 1 heterocycles. The standard InChI is InChI=1S/C15H18O3S/c16-13(7-8-15-17-10-4-11-18-15)9-12-19-14-5-2-1-3-6-14/h1-3,5-6,9,12,15H,4,7-8,10-11H2/b12-9-. The molecule has 0 amide bonds. The molecule has 0 atom stereocenters. The molecule has 1 aromatic rings. The van der Waals surface area contributed by atoms with Crippen LogP contribution in [0.25, 0.3) is 0 Å². The smallest absolute Gasteiger partial charge is 0.158 e. The minimum Gasteiger partial charge on any atom is -0.353 e. The number of rotatable bonds is 6. The van der Waals surface area contributed by atoms with Crippen LogP contribution in [0.1, 0.15) is 19.3 Å². The summed E-state index contributed by atoms with van der Waals surface area (Å²) in [4.78, 5) is 12.8. The first kappa shape index (κ1) is 14.3. The summed E-state index contributed by atoms with van der Waals surface area (Å²) in [5.74, 6) is 0.112. The van der Waals surface area contributed by atoms with Gasteiger partial charge in [-0.2, -0.15) is 0 Å². The van der Waals surface area contributed by atoms with Crippen LogP contribution in [0.2, 0.25) is 0 Å².